The van der Waals surface area contributed by atoms with Crippen LogP contribution in [0.5, 0.6) is 0 Å². The van der Waals surface area contributed by atoms with Gasteiger partial charge in [0.05, 0.1) is 12.3 Å². The number of aryl methyl sites for hydroxylation is 1. The number of carbonyl (C=O) groups excluding carboxylic acids is 1. The predicted octanol–water partition coefficient (Wildman–Crippen LogP) is 4.26. The Balaban J connectivity index is 1.74. The lowest BCUT2D eigenvalue weighted by Gasteiger charge is -2.20. The van der Waals surface area contributed by atoms with E-state index in [1.54, 1.807) is 24.5 Å². The molecule has 1 unspecified atom stereocenters. The average molecular weight is 323 g/mol. The molecule has 0 saturated carbocycles. The molecule has 0 bridgehead atoms. The van der Waals surface area contributed by atoms with E-state index in [4.69, 9.17) is 4.42 Å². The summed E-state index contributed by atoms with van der Waals surface area (Å²) in [6, 6.07) is 19.2. The van der Waals surface area contributed by atoms with Crippen molar-refractivity contribution < 1.29 is 13.6 Å². The molecule has 24 heavy (non-hydrogen) atoms. The van der Waals surface area contributed by atoms with Gasteiger partial charge in [0.1, 0.15) is 11.6 Å². The van der Waals surface area contributed by atoms with Gasteiger partial charge in [0.25, 0.3) is 0 Å². The summed E-state index contributed by atoms with van der Waals surface area (Å²) in [4.78, 5) is 12.3. The molecule has 3 rings (SSSR count). The molecule has 3 aromatic rings. The van der Waals surface area contributed by atoms with Gasteiger partial charge in [-0.2, -0.15) is 0 Å². The van der Waals surface area contributed by atoms with Crippen LogP contribution in [0.4, 0.5) is 4.39 Å². The standard InChI is InChI=1S/C20H18FNO2/c21-17-10-8-16(9-11-17)20(15-5-2-1-3-6-15)22-19(23)13-12-18-7-4-14-24-18/h1-11,14,20H,12-13H2,(H,22,23). The Morgan fingerprint density at radius 2 is 1.67 bits per heavy atom. The number of benzene rings is 2. The summed E-state index contributed by atoms with van der Waals surface area (Å²) in [7, 11) is 0. The Morgan fingerprint density at radius 1 is 0.958 bits per heavy atom. The first-order valence-corrected chi connectivity index (χ1v) is 7.84. The summed E-state index contributed by atoms with van der Waals surface area (Å²) in [6.45, 7) is 0. The van der Waals surface area contributed by atoms with Gasteiger partial charge in [0, 0.05) is 12.8 Å². The molecule has 0 spiro atoms. The molecule has 1 N–H and O–H groups in total. The fourth-order valence-electron chi connectivity index (χ4n) is 2.58. The molecule has 2 aromatic carbocycles. The maximum atomic E-state index is 13.2. The zero-order chi connectivity index (χ0) is 16.8. The van der Waals surface area contributed by atoms with E-state index in [2.05, 4.69) is 5.32 Å². The van der Waals surface area contributed by atoms with Crippen LogP contribution in [0.25, 0.3) is 0 Å². The molecule has 0 radical (unpaired) electrons. The summed E-state index contributed by atoms with van der Waals surface area (Å²) in [5.74, 6) is 0.405. The summed E-state index contributed by atoms with van der Waals surface area (Å²) in [6.07, 6.45) is 2.47. The number of hydrogen-bond acceptors (Lipinski definition) is 2. The van der Waals surface area contributed by atoms with Gasteiger partial charge in [0.2, 0.25) is 5.91 Å². The molecule has 0 aliphatic carbocycles. The molecule has 3 nitrogen and oxygen atoms in total. The fraction of sp³-hybridized carbons (Fsp3) is 0.150. The topological polar surface area (TPSA) is 42.2 Å². The lowest BCUT2D eigenvalue weighted by Crippen LogP contribution is -2.29. The highest BCUT2D eigenvalue weighted by Crippen LogP contribution is 2.22. The van der Waals surface area contributed by atoms with Gasteiger partial charge < -0.3 is 9.73 Å². The lowest BCUT2D eigenvalue weighted by molar-refractivity contribution is -0.121. The van der Waals surface area contributed by atoms with Gasteiger partial charge in [0.15, 0.2) is 0 Å². The van der Waals surface area contributed by atoms with Crippen LogP contribution in [0, 0.1) is 5.82 Å². The molecule has 0 saturated heterocycles. The highest BCUT2D eigenvalue weighted by atomic mass is 19.1. The molecule has 122 valence electrons. The van der Waals surface area contributed by atoms with Crippen molar-refractivity contribution in [1.82, 2.24) is 5.32 Å². The van der Waals surface area contributed by atoms with E-state index < -0.39 is 0 Å². The van der Waals surface area contributed by atoms with Gasteiger partial charge >= 0.3 is 0 Å². The second-order valence-electron chi connectivity index (χ2n) is 5.54. The Bertz CT molecular complexity index is 767. The number of nitrogens with one attached hydrogen (secondary N) is 1. The second-order valence-corrected chi connectivity index (χ2v) is 5.54. The van der Waals surface area contributed by atoms with Crippen molar-refractivity contribution in [3.05, 3.63) is 95.7 Å². The van der Waals surface area contributed by atoms with E-state index in [-0.39, 0.29) is 17.8 Å². The second kappa shape index (κ2) is 7.59. The van der Waals surface area contributed by atoms with Crippen molar-refractivity contribution in [2.45, 2.75) is 18.9 Å². The van der Waals surface area contributed by atoms with Crippen molar-refractivity contribution in [2.24, 2.45) is 0 Å². The first-order valence-electron chi connectivity index (χ1n) is 7.84. The lowest BCUT2D eigenvalue weighted by atomic mass is 9.98. The molecule has 1 atom stereocenters. The Labute approximate surface area is 140 Å². The summed E-state index contributed by atoms with van der Waals surface area (Å²) < 4.78 is 18.4. The first kappa shape index (κ1) is 16.0. The van der Waals surface area contributed by atoms with Crippen LogP contribution in [-0.4, -0.2) is 5.91 Å². The monoisotopic (exact) mass is 323 g/mol. The average Bonchev–Trinajstić information content (AvgIpc) is 3.13. The first-order chi connectivity index (χ1) is 11.7. The highest BCUT2D eigenvalue weighted by Gasteiger charge is 2.17. The number of furan rings is 1. The molecule has 0 fully saturated rings. The third-order valence-electron chi connectivity index (χ3n) is 3.82. The number of amides is 1. The van der Waals surface area contributed by atoms with Crippen LogP contribution < -0.4 is 5.32 Å². The Morgan fingerprint density at radius 3 is 2.33 bits per heavy atom. The smallest absolute Gasteiger partial charge is 0.221 e. The van der Waals surface area contributed by atoms with E-state index in [0.717, 1.165) is 16.9 Å². The van der Waals surface area contributed by atoms with Crippen LogP contribution in [0.3, 0.4) is 0 Å². The van der Waals surface area contributed by atoms with E-state index in [1.807, 2.05) is 36.4 Å². The molecule has 1 amide bonds. The normalized spacial score (nSPS) is 11.9. The zero-order valence-corrected chi connectivity index (χ0v) is 13.1. The maximum absolute atomic E-state index is 13.2. The minimum absolute atomic E-state index is 0.0791. The molecule has 4 heteroatoms. The third kappa shape index (κ3) is 4.10. The zero-order valence-electron chi connectivity index (χ0n) is 13.1. The molecular weight excluding hydrogens is 305 g/mol. The largest absolute Gasteiger partial charge is 0.469 e. The predicted molar refractivity (Wildman–Crippen MR) is 89.9 cm³/mol. The van der Waals surface area contributed by atoms with Gasteiger partial charge in [-0.3, -0.25) is 4.79 Å². The Hall–Kier alpha value is -2.88. The van der Waals surface area contributed by atoms with Crippen LogP contribution >= 0.6 is 0 Å². The van der Waals surface area contributed by atoms with Crippen molar-refractivity contribution in [1.29, 1.82) is 0 Å². The summed E-state index contributed by atoms with van der Waals surface area (Å²) in [5, 5.41) is 3.03. The molecule has 1 aromatic heterocycles. The van der Waals surface area contributed by atoms with Crippen molar-refractivity contribution in [3.63, 3.8) is 0 Å². The van der Waals surface area contributed by atoms with Crippen LogP contribution in [0.15, 0.2) is 77.4 Å². The quantitative estimate of drug-likeness (QED) is 0.736. The number of rotatable bonds is 6. The fourth-order valence-corrected chi connectivity index (χ4v) is 2.58. The van der Waals surface area contributed by atoms with Gasteiger partial charge in [-0.1, -0.05) is 42.5 Å². The molecule has 1 heterocycles. The molecule has 0 aliphatic heterocycles. The third-order valence-corrected chi connectivity index (χ3v) is 3.82. The van der Waals surface area contributed by atoms with Crippen molar-refractivity contribution in [2.75, 3.05) is 0 Å². The molecule has 0 aliphatic rings. The van der Waals surface area contributed by atoms with E-state index >= 15 is 0 Å². The van der Waals surface area contributed by atoms with Crippen molar-refractivity contribution >= 4 is 5.91 Å². The van der Waals surface area contributed by atoms with Crippen LogP contribution in [0.2, 0.25) is 0 Å². The van der Waals surface area contributed by atoms with Gasteiger partial charge in [-0.15, -0.1) is 0 Å². The van der Waals surface area contributed by atoms with E-state index in [9.17, 15) is 9.18 Å². The van der Waals surface area contributed by atoms with E-state index in [1.165, 1.54) is 12.1 Å². The minimum Gasteiger partial charge on any atom is -0.469 e. The number of carbonyl (C=O) groups is 1. The van der Waals surface area contributed by atoms with Gasteiger partial charge in [-0.05, 0) is 35.4 Å². The van der Waals surface area contributed by atoms with E-state index in [0.29, 0.717) is 12.8 Å². The Kier molecular flexibility index (Phi) is 5.06. The SMILES string of the molecule is O=C(CCc1ccco1)NC(c1ccccc1)c1ccc(F)cc1. The summed E-state index contributed by atoms with van der Waals surface area (Å²) >= 11 is 0. The number of halogens is 1. The van der Waals surface area contributed by atoms with Crippen LogP contribution in [-0.2, 0) is 11.2 Å². The minimum atomic E-state index is -0.309. The maximum Gasteiger partial charge on any atom is 0.221 e. The van der Waals surface area contributed by atoms with Crippen LogP contribution in [0.1, 0.15) is 29.3 Å². The highest BCUT2D eigenvalue weighted by molar-refractivity contribution is 5.77. The van der Waals surface area contributed by atoms with Gasteiger partial charge in [-0.25, -0.2) is 4.39 Å². The summed E-state index contributed by atoms with van der Waals surface area (Å²) in [5.41, 5.74) is 1.80. The van der Waals surface area contributed by atoms with Crippen molar-refractivity contribution in [3.8, 4) is 0 Å². The molecular formula is C20H18FNO2. The number of hydrogen-bond donors (Lipinski definition) is 1.